The second-order valence-electron chi connectivity index (χ2n) is 4.10. The van der Waals surface area contributed by atoms with Gasteiger partial charge in [0, 0.05) is 19.1 Å². The monoisotopic (exact) mass is 242 g/mol. The van der Waals surface area contributed by atoms with Crippen molar-refractivity contribution in [2.45, 2.75) is 32.7 Å². The second-order valence-corrected chi connectivity index (χ2v) is 4.10. The van der Waals surface area contributed by atoms with Crippen LogP contribution in [0.15, 0.2) is 0 Å². The van der Waals surface area contributed by atoms with E-state index in [4.69, 9.17) is 0 Å². The number of hydrogen-bond acceptors (Lipinski definition) is 2. The number of hydrogen-bond donors (Lipinski definition) is 1. The molecule has 0 aromatic heterocycles. The summed E-state index contributed by atoms with van der Waals surface area (Å²) >= 11 is 0. The van der Waals surface area contributed by atoms with Crippen molar-refractivity contribution < 1.29 is 0 Å². The van der Waals surface area contributed by atoms with Crippen molar-refractivity contribution in [1.82, 2.24) is 10.2 Å². The van der Waals surface area contributed by atoms with Gasteiger partial charge < -0.3 is 10.2 Å². The first-order chi connectivity index (χ1) is 5.74. The molecule has 2 unspecified atom stereocenters. The van der Waals surface area contributed by atoms with Crippen molar-refractivity contribution in [2.75, 3.05) is 26.7 Å². The highest BCUT2D eigenvalue weighted by molar-refractivity contribution is 5.85. The molecule has 0 radical (unpaired) electrons. The Hall–Kier alpha value is 0.500. The minimum absolute atomic E-state index is 0. The van der Waals surface area contributed by atoms with Gasteiger partial charge in [0.1, 0.15) is 0 Å². The summed E-state index contributed by atoms with van der Waals surface area (Å²) in [5, 5.41) is 3.40. The maximum absolute atomic E-state index is 3.40. The van der Waals surface area contributed by atoms with E-state index in [1.54, 1.807) is 0 Å². The number of rotatable bonds is 4. The Morgan fingerprint density at radius 1 is 1.43 bits per heavy atom. The smallest absolute Gasteiger partial charge is 0.0229 e. The minimum atomic E-state index is 0. The summed E-state index contributed by atoms with van der Waals surface area (Å²) in [6.45, 7) is 8.25. The molecule has 1 heterocycles. The molecule has 0 saturated carbocycles. The van der Waals surface area contributed by atoms with Gasteiger partial charge in [0.2, 0.25) is 0 Å². The van der Waals surface area contributed by atoms with E-state index >= 15 is 0 Å². The third-order valence-corrected chi connectivity index (χ3v) is 2.95. The first kappa shape index (κ1) is 16.9. The maximum Gasteiger partial charge on any atom is 0.0229 e. The SMILES string of the molecule is CCC(C)CN(C)C1CCNC1.Cl.Cl. The fourth-order valence-electron chi connectivity index (χ4n) is 1.79. The van der Waals surface area contributed by atoms with Crippen LogP contribution in [0.5, 0.6) is 0 Å². The average Bonchev–Trinajstić information content (AvgIpc) is 2.56. The van der Waals surface area contributed by atoms with Crippen LogP contribution < -0.4 is 5.32 Å². The quantitative estimate of drug-likeness (QED) is 0.814. The first-order valence-electron chi connectivity index (χ1n) is 5.15. The molecule has 0 aromatic carbocycles. The fourth-order valence-corrected chi connectivity index (χ4v) is 1.79. The van der Waals surface area contributed by atoms with Gasteiger partial charge in [-0.1, -0.05) is 20.3 Å². The zero-order chi connectivity index (χ0) is 8.97. The van der Waals surface area contributed by atoms with Gasteiger partial charge in [-0.25, -0.2) is 0 Å². The van der Waals surface area contributed by atoms with E-state index in [0.717, 1.165) is 12.0 Å². The summed E-state index contributed by atoms with van der Waals surface area (Å²) in [7, 11) is 2.25. The summed E-state index contributed by atoms with van der Waals surface area (Å²) in [6.07, 6.45) is 2.62. The molecule has 1 aliphatic heterocycles. The number of halogens is 2. The predicted molar refractivity (Wildman–Crippen MR) is 67.9 cm³/mol. The molecule has 4 heteroatoms. The molecule has 0 amide bonds. The molecule has 1 saturated heterocycles. The van der Waals surface area contributed by atoms with Crippen LogP contribution in [0, 0.1) is 5.92 Å². The normalized spacial score (nSPS) is 22.7. The van der Waals surface area contributed by atoms with Crippen molar-refractivity contribution in [3.8, 4) is 0 Å². The van der Waals surface area contributed by atoms with Crippen molar-refractivity contribution in [3.05, 3.63) is 0 Å². The van der Waals surface area contributed by atoms with E-state index in [2.05, 4.69) is 31.1 Å². The lowest BCUT2D eigenvalue weighted by Crippen LogP contribution is -2.36. The fraction of sp³-hybridized carbons (Fsp3) is 1.00. The summed E-state index contributed by atoms with van der Waals surface area (Å²) in [5.41, 5.74) is 0. The van der Waals surface area contributed by atoms with E-state index in [9.17, 15) is 0 Å². The van der Waals surface area contributed by atoms with Gasteiger partial charge in [0.05, 0.1) is 0 Å². The topological polar surface area (TPSA) is 15.3 Å². The van der Waals surface area contributed by atoms with E-state index in [0.29, 0.717) is 0 Å². The average molecular weight is 243 g/mol. The molecule has 88 valence electrons. The molecule has 0 bridgehead atoms. The lowest BCUT2D eigenvalue weighted by Gasteiger charge is -2.26. The van der Waals surface area contributed by atoms with Crippen LogP contribution in [0.3, 0.4) is 0 Å². The predicted octanol–water partition coefficient (Wildman–Crippen LogP) is 2.17. The lowest BCUT2D eigenvalue weighted by atomic mass is 10.1. The van der Waals surface area contributed by atoms with Crippen LogP contribution in [-0.2, 0) is 0 Å². The summed E-state index contributed by atoms with van der Waals surface area (Å²) in [5.74, 6) is 0.843. The summed E-state index contributed by atoms with van der Waals surface area (Å²) in [4.78, 5) is 2.51. The third kappa shape index (κ3) is 5.40. The van der Waals surface area contributed by atoms with Gasteiger partial charge in [-0.15, -0.1) is 24.8 Å². The van der Waals surface area contributed by atoms with E-state index in [1.807, 2.05) is 0 Å². The largest absolute Gasteiger partial charge is 0.315 e. The van der Waals surface area contributed by atoms with E-state index < -0.39 is 0 Å². The van der Waals surface area contributed by atoms with Crippen LogP contribution >= 0.6 is 24.8 Å². The second kappa shape index (κ2) is 8.78. The summed E-state index contributed by atoms with van der Waals surface area (Å²) in [6, 6.07) is 0.791. The zero-order valence-electron chi connectivity index (χ0n) is 9.45. The molecule has 1 N–H and O–H groups in total. The van der Waals surface area contributed by atoms with Crippen LogP contribution in [0.4, 0.5) is 0 Å². The Kier molecular flexibility index (Phi) is 10.6. The zero-order valence-corrected chi connectivity index (χ0v) is 11.1. The minimum Gasteiger partial charge on any atom is -0.315 e. The Labute approximate surface area is 101 Å². The molecule has 14 heavy (non-hydrogen) atoms. The molecule has 0 aromatic rings. The van der Waals surface area contributed by atoms with Gasteiger partial charge in [0.15, 0.2) is 0 Å². The summed E-state index contributed by atoms with van der Waals surface area (Å²) < 4.78 is 0. The first-order valence-corrected chi connectivity index (χ1v) is 5.15. The molecule has 0 aliphatic carbocycles. The Bertz CT molecular complexity index is 127. The van der Waals surface area contributed by atoms with Crippen LogP contribution in [0.2, 0.25) is 0 Å². The highest BCUT2D eigenvalue weighted by atomic mass is 35.5. The molecule has 1 fully saturated rings. The Balaban J connectivity index is 0. The van der Waals surface area contributed by atoms with Crippen LogP contribution in [0.25, 0.3) is 0 Å². The van der Waals surface area contributed by atoms with Crippen molar-refractivity contribution in [1.29, 1.82) is 0 Å². The molecule has 1 aliphatic rings. The third-order valence-electron chi connectivity index (χ3n) is 2.95. The van der Waals surface area contributed by atoms with Crippen molar-refractivity contribution in [2.24, 2.45) is 5.92 Å². The molecule has 1 rings (SSSR count). The maximum atomic E-state index is 3.40. The van der Waals surface area contributed by atoms with E-state index in [-0.39, 0.29) is 24.8 Å². The van der Waals surface area contributed by atoms with Crippen molar-refractivity contribution >= 4 is 24.8 Å². The van der Waals surface area contributed by atoms with Gasteiger partial charge in [-0.05, 0) is 25.9 Å². The Morgan fingerprint density at radius 3 is 2.50 bits per heavy atom. The number of likely N-dealkylation sites (N-methyl/N-ethyl adjacent to an activating group) is 1. The van der Waals surface area contributed by atoms with E-state index in [1.165, 1.54) is 32.5 Å². The molecule has 0 spiro atoms. The molecule has 2 atom stereocenters. The van der Waals surface area contributed by atoms with Gasteiger partial charge in [-0.2, -0.15) is 0 Å². The highest BCUT2D eigenvalue weighted by Crippen LogP contribution is 2.10. The molecular weight excluding hydrogens is 219 g/mol. The molecule has 2 nitrogen and oxygen atoms in total. The van der Waals surface area contributed by atoms with Gasteiger partial charge >= 0.3 is 0 Å². The lowest BCUT2D eigenvalue weighted by molar-refractivity contribution is 0.221. The van der Waals surface area contributed by atoms with Crippen molar-refractivity contribution in [3.63, 3.8) is 0 Å². The molecular formula is C10H24Cl2N2. The Morgan fingerprint density at radius 2 is 2.07 bits per heavy atom. The van der Waals surface area contributed by atoms with Gasteiger partial charge in [-0.3, -0.25) is 0 Å². The van der Waals surface area contributed by atoms with Crippen LogP contribution in [0.1, 0.15) is 26.7 Å². The van der Waals surface area contributed by atoms with Gasteiger partial charge in [0.25, 0.3) is 0 Å². The standard InChI is InChI=1S/C10H22N2.2ClH/c1-4-9(2)8-12(3)10-5-6-11-7-10;;/h9-11H,4-8H2,1-3H3;2*1H. The number of nitrogens with zero attached hydrogens (tertiary/aromatic N) is 1. The number of nitrogens with one attached hydrogen (secondary N) is 1. The van der Waals surface area contributed by atoms with Crippen LogP contribution in [-0.4, -0.2) is 37.6 Å². The highest BCUT2D eigenvalue weighted by Gasteiger charge is 2.19.